The summed E-state index contributed by atoms with van der Waals surface area (Å²) in [6, 6.07) is 0.549. The maximum Gasteiger partial charge on any atom is 0.0728 e. The van der Waals surface area contributed by atoms with E-state index in [0.29, 0.717) is 12.1 Å². The lowest BCUT2D eigenvalue weighted by atomic mass is 10.0. The molecule has 1 N–H and O–H groups in total. The molecule has 1 aliphatic rings. The monoisotopic (exact) mass is 271 g/mol. The highest BCUT2D eigenvalue weighted by Gasteiger charge is 2.25. The molecule has 0 aliphatic heterocycles. The van der Waals surface area contributed by atoms with Crippen molar-refractivity contribution in [3.8, 4) is 0 Å². The standard InChI is InChI=1S/C16H33NO2/c1-5-12-17-14-9-7-6-8-10-15(14)19-13-11-16(2,3)18-4/h14-15,17H,5-13H2,1-4H3. The van der Waals surface area contributed by atoms with Crippen LogP contribution in [-0.2, 0) is 9.47 Å². The van der Waals surface area contributed by atoms with Crippen molar-refractivity contribution < 1.29 is 9.47 Å². The van der Waals surface area contributed by atoms with E-state index in [9.17, 15) is 0 Å². The van der Waals surface area contributed by atoms with E-state index < -0.39 is 0 Å². The van der Waals surface area contributed by atoms with Gasteiger partial charge in [0.05, 0.1) is 11.7 Å². The lowest BCUT2D eigenvalue weighted by Gasteiger charge is -2.29. The van der Waals surface area contributed by atoms with Crippen LogP contribution in [0.5, 0.6) is 0 Å². The van der Waals surface area contributed by atoms with Crippen LogP contribution in [0.4, 0.5) is 0 Å². The summed E-state index contributed by atoms with van der Waals surface area (Å²) >= 11 is 0. The number of hydrogen-bond donors (Lipinski definition) is 1. The van der Waals surface area contributed by atoms with Crippen LogP contribution in [0.3, 0.4) is 0 Å². The number of rotatable bonds is 8. The molecular formula is C16H33NO2. The lowest BCUT2D eigenvalue weighted by Crippen LogP contribution is -2.41. The molecule has 0 radical (unpaired) electrons. The Morgan fingerprint density at radius 2 is 1.89 bits per heavy atom. The summed E-state index contributed by atoms with van der Waals surface area (Å²) in [6.45, 7) is 8.37. The molecule has 2 unspecified atom stereocenters. The van der Waals surface area contributed by atoms with Crippen molar-refractivity contribution in [1.29, 1.82) is 0 Å². The molecule has 2 atom stereocenters. The predicted octanol–water partition coefficient (Wildman–Crippen LogP) is 3.52. The van der Waals surface area contributed by atoms with E-state index in [1.54, 1.807) is 7.11 Å². The van der Waals surface area contributed by atoms with Crippen LogP contribution in [0, 0.1) is 0 Å². The molecule has 19 heavy (non-hydrogen) atoms. The topological polar surface area (TPSA) is 30.5 Å². The van der Waals surface area contributed by atoms with Crippen molar-refractivity contribution in [3.05, 3.63) is 0 Å². The molecule has 0 saturated heterocycles. The Balaban J connectivity index is 2.37. The molecule has 3 heteroatoms. The summed E-state index contributed by atoms with van der Waals surface area (Å²) in [7, 11) is 1.78. The lowest BCUT2D eigenvalue weighted by molar-refractivity contribution is -0.0364. The molecular weight excluding hydrogens is 238 g/mol. The summed E-state index contributed by atoms with van der Waals surface area (Å²) < 4.78 is 11.6. The second kappa shape index (κ2) is 8.93. The fraction of sp³-hybridized carbons (Fsp3) is 1.00. The first-order valence-corrected chi connectivity index (χ1v) is 7.99. The maximum atomic E-state index is 6.17. The fourth-order valence-electron chi connectivity index (χ4n) is 2.59. The summed E-state index contributed by atoms with van der Waals surface area (Å²) in [4.78, 5) is 0. The van der Waals surface area contributed by atoms with Crippen LogP contribution in [0.15, 0.2) is 0 Å². The van der Waals surface area contributed by atoms with E-state index >= 15 is 0 Å². The Bertz CT molecular complexity index is 231. The molecule has 1 aliphatic carbocycles. The molecule has 0 bridgehead atoms. The molecule has 0 amide bonds. The third-order valence-corrected chi connectivity index (χ3v) is 4.20. The second-order valence-corrected chi connectivity index (χ2v) is 6.32. The number of ether oxygens (including phenoxy) is 2. The van der Waals surface area contributed by atoms with Gasteiger partial charge >= 0.3 is 0 Å². The highest BCUT2D eigenvalue weighted by Crippen LogP contribution is 2.22. The van der Waals surface area contributed by atoms with Gasteiger partial charge in [-0.3, -0.25) is 0 Å². The highest BCUT2D eigenvalue weighted by atomic mass is 16.5. The molecule has 3 nitrogen and oxygen atoms in total. The minimum absolute atomic E-state index is 0.0723. The Hall–Kier alpha value is -0.120. The van der Waals surface area contributed by atoms with E-state index in [-0.39, 0.29) is 5.60 Å². The van der Waals surface area contributed by atoms with E-state index in [4.69, 9.17) is 9.47 Å². The average Bonchev–Trinajstić information content (AvgIpc) is 2.61. The summed E-state index contributed by atoms with van der Waals surface area (Å²) in [5.74, 6) is 0. The van der Waals surface area contributed by atoms with Gasteiger partial charge in [-0.25, -0.2) is 0 Å². The largest absolute Gasteiger partial charge is 0.379 e. The summed E-state index contributed by atoms with van der Waals surface area (Å²) in [5, 5.41) is 3.67. The minimum atomic E-state index is -0.0723. The van der Waals surface area contributed by atoms with Gasteiger partial charge in [0, 0.05) is 19.8 Å². The molecule has 114 valence electrons. The molecule has 0 aromatic rings. The Kier molecular flexibility index (Phi) is 7.96. The SMILES string of the molecule is CCCNC1CCCCCC1OCCC(C)(C)OC. The van der Waals surface area contributed by atoms with E-state index in [0.717, 1.165) is 19.6 Å². The van der Waals surface area contributed by atoms with E-state index in [2.05, 4.69) is 26.1 Å². The summed E-state index contributed by atoms with van der Waals surface area (Å²) in [5.41, 5.74) is -0.0723. The van der Waals surface area contributed by atoms with Gasteiger partial charge in [0.15, 0.2) is 0 Å². The van der Waals surface area contributed by atoms with Crippen LogP contribution >= 0.6 is 0 Å². The second-order valence-electron chi connectivity index (χ2n) is 6.32. The van der Waals surface area contributed by atoms with Gasteiger partial charge in [-0.2, -0.15) is 0 Å². The smallest absolute Gasteiger partial charge is 0.0728 e. The molecule has 0 spiro atoms. The Labute approximate surface area is 119 Å². The van der Waals surface area contributed by atoms with Crippen LogP contribution in [0.1, 0.15) is 65.7 Å². The Morgan fingerprint density at radius 1 is 1.16 bits per heavy atom. The quantitative estimate of drug-likeness (QED) is 0.685. The first kappa shape index (κ1) is 16.9. The van der Waals surface area contributed by atoms with Crippen LogP contribution in [0.2, 0.25) is 0 Å². The van der Waals surface area contributed by atoms with E-state index in [1.165, 1.54) is 38.5 Å². The van der Waals surface area contributed by atoms with Crippen molar-refractivity contribution in [2.45, 2.75) is 83.5 Å². The van der Waals surface area contributed by atoms with Crippen LogP contribution < -0.4 is 5.32 Å². The van der Waals surface area contributed by atoms with Gasteiger partial charge in [0.25, 0.3) is 0 Å². The Morgan fingerprint density at radius 3 is 2.58 bits per heavy atom. The van der Waals surface area contributed by atoms with Crippen molar-refractivity contribution in [2.75, 3.05) is 20.3 Å². The van der Waals surface area contributed by atoms with Gasteiger partial charge in [-0.1, -0.05) is 26.2 Å². The van der Waals surface area contributed by atoms with Gasteiger partial charge in [-0.05, 0) is 46.1 Å². The van der Waals surface area contributed by atoms with Crippen molar-refractivity contribution in [3.63, 3.8) is 0 Å². The van der Waals surface area contributed by atoms with Gasteiger partial charge in [-0.15, -0.1) is 0 Å². The third kappa shape index (κ3) is 6.73. The molecule has 0 aromatic heterocycles. The third-order valence-electron chi connectivity index (χ3n) is 4.20. The van der Waals surface area contributed by atoms with Gasteiger partial charge < -0.3 is 14.8 Å². The number of methoxy groups -OCH3 is 1. The van der Waals surface area contributed by atoms with Crippen LogP contribution in [0.25, 0.3) is 0 Å². The minimum Gasteiger partial charge on any atom is -0.379 e. The number of hydrogen-bond acceptors (Lipinski definition) is 3. The van der Waals surface area contributed by atoms with Crippen molar-refractivity contribution in [2.24, 2.45) is 0 Å². The first-order chi connectivity index (χ1) is 9.09. The van der Waals surface area contributed by atoms with Gasteiger partial charge in [0.1, 0.15) is 0 Å². The zero-order chi connectivity index (χ0) is 14.1. The fourth-order valence-corrected chi connectivity index (χ4v) is 2.59. The molecule has 0 heterocycles. The van der Waals surface area contributed by atoms with Crippen LogP contribution in [-0.4, -0.2) is 38.0 Å². The number of nitrogens with one attached hydrogen (secondary N) is 1. The zero-order valence-corrected chi connectivity index (χ0v) is 13.3. The van der Waals surface area contributed by atoms with E-state index in [1.807, 2.05) is 0 Å². The predicted molar refractivity (Wildman–Crippen MR) is 80.6 cm³/mol. The molecule has 1 fully saturated rings. The maximum absolute atomic E-state index is 6.17. The molecule has 1 rings (SSSR count). The normalized spacial score (nSPS) is 25.3. The highest BCUT2D eigenvalue weighted by molar-refractivity contribution is 4.80. The van der Waals surface area contributed by atoms with Crippen molar-refractivity contribution in [1.82, 2.24) is 5.32 Å². The molecule has 0 aromatic carbocycles. The first-order valence-electron chi connectivity index (χ1n) is 7.99. The zero-order valence-electron chi connectivity index (χ0n) is 13.3. The van der Waals surface area contributed by atoms with Crippen molar-refractivity contribution >= 4 is 0 Å². The van der Waals surface area contributed by atoms with Gasteiger partial charge in [0.2, 0.25) is 0 Å². The molecule has 1 saturated carbocycles. The summed E-state index contributed by atoms with van der Waals surface area (Å²) in [6.07, 6.45) is 9.01. The average molecular weight is 271 g/mol.